The molecule has 0 aromatic carbocycles. The highest BCUT2D eigenvalue weighted by atomic mass is 16.3. The molecule has 4 aliphatic rings. The quantitative estimate of drug-likeness (QED) is 0.387. The second kappa shape index (κ2) is 9.57. The molecular weight excluding hydrogens is 432 g/mol. The van der Waals surface area contributed by atoms with Gasteiger partial charge in [-0.1, -0.05) is 66.5 Å². The fraction of sp³-hybridized carbons (Fsp3) is 0.906. The van der Waals surface area contributed by atoms with Crippen molar-refractivity contribution >= 4 is 5.78 Å². The lowest BCUT2D eigenvalue weighted by atomic mass is 9.43. The number of aliphatic hydroxyl groups excluding tert-OH is 1. The lowest BCUT2D eigenvalue weighted by Gasteiger charge is -2.61. The molecule has 35 heavy (non-hydrogen) atoms. The third-order valence-electron chi connectivity index (χ3n) is 12.0. The van der Waals surface area contributed by atoms with Gasteiger partial charge in [0.1, 0.15) is 5.78 Å². The van der Waals surface area contributed by atoms with Crippen LogP contribution in [-0.4, -0.2) is 27.7 Å². The summed E-state index contributed by atoms with van der Waals surface area (Å²) in [5.74, 6) is 2.18. The summed E-state index contributed by atoms with van der Waals surface area (Å²) >= 11 is 0. The summed E-state index contributed by atoms with van der Waals surface area (Å²) in [7, 11) is 0. The number of hydrogen-bond donors (Lipinski definition) is 2. The Balaban J connectivity index is 0.00000167. The van der Waals surface area contributed by atoms with Gasteiger partial charge < -0.3 is 10.2 Å². The number of carbonyl (C=O) groups excluding carboxylic acids is 1. The second-order valence-electron chi connectivity index (χ2n) is 14.2. The van der Waals surface area contributed by atoms with Crippen LogP contribution in [0.15, 0.2) is 11.1 Å². The standard InChI is InChI=1S/C30H50O3.C2H6/c1-19(9-12-25(32)27(4,5)33)20-13-17-30(8)22-10-11-23-26(2,3)24(31)15-16-28(23,6)21(22)14-18-29(20,30)7;1-2/h19-20,23,25,32-33H,9-18H2,1-8H3;1-2H3/t19?,20?,23?,25?,28?,29?,30-;/m0./s1. The lowest BCUT2D eigenvalue weighted by molar-refractivity contribution is -0.139. The molecule has 2 fully saturated rings. The van der Waals surface area contributed by atoms with Crippen LogP contribution in [0.5, 0.6) is 0 Å². The Morgan fingerprint density at radius 2 is 1.54 bits per heavy atom. The van der Waals surface area contributed by atoms with Crippen molar-refractivity contribution in [1.82, 2.24) is 0 Å². The summed E-state index contributed by atoms with van der Waals surface area (Å²) in [6, 6.07) is 0. The summed E-state index contributed by atoms with van der Waals surface area (Å²) < 4.78 is 0. The van der Waals surface area contributed by atoms with Gasteiger partial charge in [-0.05, 0) is 106 Å². The molecule has 0 saturated heterocycles. The smallest absolute Gasteiger partial charge is 0.138 e. The van der Waals surface area contributed by atoms with Crippen LogP contribution in [0.2, 0.25) is 0 Å². The monoisotopic (exact) mass is 488 g/mol. The van der Waals surface area contributed by atoms with Gasteiger partial charge in [-0.3, -0.25) is 4.79 Å². The van der Waals surface area contributed by atoms with Gasteiger partial charge in [0.15, 0.2) is 0 Å². The minimum Gasteiger partial charge on any atom is -0.390 e. The van der Waals surface area contributed by atoms with Crippen molar-refractivity contribution in [1.29, 1.82) is 0 Å². The van der Waals surface area contributed by atoms with Gasteiger partial charge in [0.25, 0.3) is 0 Å². The number of carbonyl (C=O) groups is 1. The maximum atomic E-state index is 12.8. The van der Waals surface area contributed by atoms with Gasteiger partial charge in [0.05, 0.1) is 11.7 Å². The highest BCUT2D eigenvalue weighted by Crippen LogP contribution is 2.72. The second-order valence-corrected chi connectivity index (χ2v) is 14.2. The van der Waals surface area contributed by atoms with Crippen molar-refractivity contribution in [2.45, 2.75) is 145 Å². The molecule has 3 nitrogen and oxygen atoms in total. The zero-order valence-corrected chi connectivity index (χ0v) is 24.7. The molecule has 0 radical (unpaired) electrons. The number of fused-ring (bicyclic) bond motifs is 4. The molecule has 0 heterocycles. The van der Waals surface area contributed by atoms with E-state index in [0.29, 0.717) is 35.4 Å². The van der Waals surface area contributed by atoms with E-state index in [1.54, 1.807) is 25.0 Å². The van der Waals surface area contributed by atoms with Crippen LogP contribution in [0.3, 0.4) is 0 Å². The van der Waals surface area contributed by atoms with Crippen LogP contribution in [0.4, 0.5) is 0 Å². The summed E-state index contributed by atoms with van der Waals surface area (Å²) in [5, 5.41) is 20.6. The average Bonchev–Trinajstić information content (AvgIpc) is 3.07. The summed E-state index contributed by atoms with van der Waals surface area (Å²) in [5.41, 5.74) is 3.04. The molecule has 202 valence electrons. The molecule has 3 heteroatoms. The SMILES string of the molecule is CC.CC(CCC(O)C(C)(C)O)C1CC[C@@]2(C)C3=C(CCC12C)C1(C)CCC(=O)C(C)(C)C1CC3. The highest BCUT2D eigenvalue weighted by Gasteiger charge is 2.63. The molecule has 4 aliphatic carbocycles. The molecule has 2 saturated carbocycles. The Bertz CT molecular complexity index is 832. The Hall–Kier alpha value is -0.670. The fourth-order valence-corrected chi connectivity index (χ4v) is 9.42. The van der Waals surface area contributed by atoms with Gasteiger partial charge in [0.2, 0.25) is 0 Å². The van der Waals surface area contributed by atoms with Gasteiger partial charge in [-0.2, -0.15) is 0 Å². The number of allylic oxidation sites excluding steroid dienone is 2. The number of rotatable bonds is 5. The van der Waals surface area contributed by atoms with Crippen molar-refractivity contribution in [3.05, 3.63) is 11.1 Å². The van der Waals surface area contributed by atoms with Crippen molar-refractivity contribution in [2.24, 2.45) is 39.4 Å². The average molecular weight is 489 g/mol. The predicted octanol–water partition coefficient (Wildman–Crippen LogP) is 7.88. The van der Waals surface area contributed by atoms with Crippen molar-refractivity contribution in [2.75, 3.05) is 0 Å². The molecule has 0 aromatic heterocycles. The first-order valence-electron chi connectivity index (χ1n) is 14.8. The molecule has 2 N–H and O–H groups in total. The van der Waals surface area contributed by atoms with Crippen molar-refractivity contribution in [3.63, 3.8) is 0 Å². The molecule has 0 bridgehead atoms. The van der Waals surface area contributed by atoms with Crippen molar-refractivity contribution < 1.29 is 15.0 Å². The van der Waals surface area contributed by atoms with Gasteiger partial charge in [-0.15, -0.1) is 0 Å². The molecule has 0 aromatic rings. The van der Waals surface area contributed by atoms with E-state index in [-0.39, 0.29) is 16.2 Å². The largest absolute Gasteiger partial charge is 0.390 e. The van der Waals surface area contributed by atoms with E-state index in [1.165, 1.54) is 32.1 Å². The third kappa shape index (κ3) is 4.39. The number of ketones is 1. The molecule has 0 spiro atoms. The first kappa shape index (κ1) is 28.9. The Morgan fingerprint density at radius 3 is 2.14 bits per heavy atom. The maximum Gasteiger partial charge on any atom is 0.138 e. The van der Waals surface area contributed by atoms with Crippen LogP contribution in [0, 0.1) is 39.4 Å². The summed E-state index contributed by atoms with van der Waals surface area (Å²) in [4.78, 5) is 12.8. The van der Waals surface area contributed by atoms with Crippen LogP contribution in [-0.2, 0) is 4.79 Å². The zero-order valence-electron chi connectivity index (χ0n) is 24.7. The fourth-order valence-electron chi connectivity index (χ4n) is 9.42. The van der Waals surface area contributed by atoms with E-state index in [2.05, 4.69) is 41.5 Å². The number of Topliss-reactive ketones (excluding diaryl/α,β-unsaturated/α-hetero) is 1. The van der Waals surface area contributed by atoms with E-state index in [1.807, 2.05) is 13.8 Å². The Kier molecular flexibility index (Phi) is 7.90. The Morgan fingerprint density at radius 1 is 0.914 bits per heavy atom. The zero-order chi connectivity index (χ0) is 26.6. The van der Waals surface area contributed by atoms with Crippen LogP contribution in [0.25, 0.3) is 0 Å². The van der Waals surface area contributed by atoms with Gasteiger partial charge in [-0.25, -0.2) is 0 Å². The molecular formula is C32H56O3. The summed E-state index contributed by atoms with van der Waals surface area (Å²) in [6.45, 7) is 21.9. The first-order valence-corrected chi connectivity index (χ1v) is 14.8. The third-order valence-corrected chi connectivity index (χ3v) is 12.0. The molecule has 0 amide bonds. The normalized spacial score (nSPS) is 40.2. The van der Waals surface area contributed by atoms with E-state index < -0.39 is 11.7 Å². The van der Waals surface area contributed by atoms with Crippen LogP contribution in [0.1, 0.15) is 133 Å². The Labute approximate surface area is 216 Å². The summed E-state index contributed by atoms with van der Waals surface area (Å²) in [6.07, 6.45) is 10.1. The maximum absolute atomic E-state index is 12.8. The van der Waals surface area contributed by atoms with E-state index in [9.17, 15) is 15.0 Å². The molecule has 0 aliphatic heterocycles. The van der Waals surface area contributed by atoms with E-state index in [4.69, 9.17) is 0 Å². The number of aliphatic hydroxyl groups is 2. The topological polar surface area (TPSA) is 57.5 Å². The highest BCUT2D eigenvalue weighted by molar-refractivity contribution is 5.85. The molecule has 6 unspecified atom stereocenters. The molecule has 4 rings (SSSR count). The van der Waals surface area contributed by atoms with Crippen LogP contribution < -0.4 is 0 Å². The predicted molar refractivity (Wildman–Crippen MR) is 146 cm³/mol. The minimum atomic E-state index is -1.03. The van der Waals surface area contributed by atoms with E-state index >= 15 is 0 Å². The van der Waals surface area contributed by atoms with Gasteiger partial charge >= 0.3 is 0 Å². The molecule has 7 atom stereocenters. The van der Waals surface area contributed by atoms with E-state index in [0.717, 1.165) is 25.7 Å². The first-order chi connectivity index (χ1) is 16.1. The van der Waals surface area contributed by atoms with Gasteiger partial charge in [0, 0.05) is 11.8 Å². The van der Waals surface area contributed by atoms with Crippen LogP contribution >= 0.6 is 0 Å². The minimum absolute atomic E-state index is 0.190. The lowest BCUT2D eigenvalue weighted by Crippen LogP contribution is -2.53. The number of hydrogen-bond acceptors (Lipinski definition) is 3. The van der Waals surface area contributed by atoms with Crippen molar-refractivity contribution in [3.8, 4) is 0 Å².